The van der Waals surface area contributed by atoms with Gasteiger partial charge in [0.05, 0.1) is 6.10 Å². The van der Waals surface area contributed by atoms with Gasteiger partial charge in [-0.15, -0.1) is 0 Å². The van der Waals surface area contributed by atoms with Crippen LogP contribution in [0.25, 0.3) is 0 Å². The maximum Gasteiger partial charge on any atom is 0.331 e. The van der Waals surface area contributed by atoms with E-state index in [1.54, 1.807) is 46.9 Å². The average Bonchev–Trinajstić information content (AvgIpc) is 2.70. The number of hydrogen-bond acceptors (Lipinski definition) is 6. The summed E-state index contributed by atoms with van der Waals surface area (Å²) in [6.45, 7) is 12.6. The van der Waals surface area contributed by atoms with Crippen LogP contribution >= 0.6 is 15.9 Å². The van der Waals surface area contributed by atoms with Crippen LogP contribution < -0.4 is 10.1 Å². The van der Waals surface area contributed by atoms with Crippen molar-refractivity contribution in [2.75, 3.05) is 6.61 Å². The van der Waals surface area contributed by atoms with Gasteiger partial charge in [0.1, 0.15) is 29.4 Å². The highest BCUT2D eigenvalue weighted by atomic mass is 79.9. The van der Waals surface area contributed by atoms with Gasteiger partial charge in [0.25, 0.3) is 5.91 Å². The molecule has 8 heteroatoms. The van der Waals surface area contributed by atoms with Crippen molar-refractivity contribution in [1.29, 1.82) is 0 Å². The second kappa shape index (κ2) is 11.1. The Hall–Kier alpha value is -2.45. The monoisotopic (exact) mass is 520 g/mol. The predicted octanol–water partition coefficient (Wildman–Crippen LogP) is 5.24. The molecule has 2 aromatic rings. The maximum atomic E-state index is 13.1. The molecule has 1 atom stereocenters. The third kappa shape index (κ3) is 8.44. The smallest absolute Gasteiger partial charge is 0.331 e. The molecule has 33 heavy (non-hydrogen) atoms. The highest BCUT2D eigenvalue weighted by molar-refractivity contribution is 9.10. The lowest BCUT2D eigenvalue weighted by Crippen LogP contribution is -2.52. The topological polar surface area (TPSA) is 86.8 Å². The molecule has 0 radical (unpaired) electrons. The molecule has 1 unspecified atom stereocenters. The van der Waals surface area contributed by atoms with E-state index in [-0.39, 0.29) is 30.3 Å². The summed E-state index contributed by atoms with van der Waals surface area (Å²) in [7, 11) is 0. The second-order valence-corrected chi connectivity index (χ2v) is 10.4. The lowest BCUT2D eigenvalue weighted by molar-refractivity contribution is -0.161. The van der Waals surface area contributed by atoms with Crippen LogP contribution in [0.1, 0.15) is 70.5 Å². The summed E-state index contributed by atoms with van der Waals surface area (Å²) in [5.74, 6) is -0.900. The third-order valence-corrected chi connectivity index (χ3v) is 4.81. The Labute approximate surface area is 204 Å². The third-order valence-electron chi connectivity index (χ3n) is 4.38. The van der Waals surface area contributed by atoms with Crippen molar-refractivity contribution in [2.45, 2.75) is 71.8 Å². The predicted molar refractivity (Wildman–Crippen MR) is 130 cm³/mol. The lowest BCUT2D eigenvalue weighted by Gasteiger charge is -2.29. The number of nitrogens with one attached hydrogen (secondary N) is 1. The van der Waals surface area contributed by atoms with E-state index in [4.69, 9.17) is 14.2 Å². The molecule has 7 nitrogen and oxygen atoms in total. The molecular weight excluding hydrogens is 488 g/mol. The van der Waals surface area contributed by atoms with Crippen LogP contribution in [0.2, 0.25) is 0 Å². The highest BCUT2D eigenvalue weighted by Crippen LogP contribution is 2.25. The van der Waals surface area contributed by atoms with Gasteiger partial charge in [-0.25, -0.2) is 9.78 Å². The molecule has 0 bridgehead atoms. The number of amides is 1. The standard InChI is InChI=1S/C25H33BrN2O5/c1-16(2)32-20(17-11-9-8-10-12-17)15-31-22-19(13-18(26)14-27-22)21(29)28-25(6,7)23(30)33-24(3,4)5/h8-14,16,20H,15H2,1-7H3,(H,28,29). The second-order valence-electron chi connectivity index (χ2n) is 9.48. The SMILES string of the molecule is CC(C)OC(COc1ncc(Br)cc1C(=O)NC(C)(C)C(=O)OC(C)(C)C)c1ccccc1. The van der Waals surface area contributed by atoms with Gasteiger partial charge < -0.3 is 19.5 Å². The van der Waals surface area contributed by atoms with Crippen molar-refractivity contribution < 1.29 is 23.8 Å². The van der Waals surface area contributed by atoms with Gasteiger partial charge in [-0.1, -0.05) is 30.3 Å². The first kappa shape index (κ1) is 26.8. The summed E-state index contributed by atoms with van der Waals surface area (Å²) in [6.07, 6.45) is 1.19. The van der Waals surface area contributed by atoms with Crippen LogP contribution in [0.4, 0.5) is 0 Å². The Bertz CT molecular complexity index is 955. The van der Waals surface area contributed by atoms with Gasteiger partial charge in [0.2, 0.25) is 5.88 Å². The van der Waals surface area contributed by atoms with E-state index in [2.05, 4.69) is 26.2 Å². The minimum Gasteiger partial charge on any atom is -0.474 e. The molecule has 0 aliphatic carbocycles. The lowest BCUT2D eigenvalue weighted by atomic mass is 10.0. The van der Waals surface area contributed by atoms with E-state index in [1.807, 2.05) is 44.2 Å². The molecule has 1 N–H and O–H groups in total. The largest absolute Gasteiger partial charge is 0.474 e. The van der Waals surface area contributed by atoms with Crippen LogP contribution in [-0.2, 0) is 14.3 Å². The molecule has 180 valence electrons. The van der Waals surface area contributed by atoms with Crippen LogP contribution in [0.3, 0.4) is 0 Å². The molecule has 1 aromatic carbocycles. The number of esters is 1. The number of carbonyl (C=O) groups is 2. The molecule has 0 spiro atoms. The zero-order valence-corrected chi connectivity index (χ0v) is 21.9. The number of nitrogens with zero attached hydrogens (tertiary/aromatic N) is 1. The van der Waals surface area contributed by atoms with Crippen molar-refractivity contribution in [3.8, 4) is 5.88 Å². The Morgan fingerprint density at radius 3 is 2.30 bits per heavy atom. The Balaban J connectivity index is 2.22. The van der Waals surface area contributed by atoms with E-state index in [1.165, 1.54) is 0 Å². The first-order chi connectivity index (χ1) is 15.3. The minimum atomic E-state index is -1.25. The molecule has 2 rings (SSSR count). The van der Waals surface area contributed by atoms with Gasteiger partial charge in [0, 0.05) is 10.7 Å². The van der Waals surface area contributed by atoms with Crippen LogP contribution in [0.15, 0.2) is 47.1 Å². The molecule has 0 saturated carbocycles. The number of pyridine rings is 1. The van der Waals surface area contributed by atoms with Crippen molar-refractivity contribution >= 4 is 27.8 Å². The molecular formula is C25H33BrN2O5. The fourth-order valence-corrected chi connectivity index (χ4v) is 3.21. The van der Waals surface area contributed by atoms with E-state index >= 15 is 0 Å². The summed E-state index contributed by atoms with van der Waals surface area (Å²) in [4.78, 5) is 29.9. The molecule has 1 heterocycles. The summed E-state index contributed by atoms with van der Waals surface area (Å²) >= 11 is 3.35. The van der Waals surface area contributed by atoms with Crippen molar-refractivity contribution in [1.82, 2.24) is 10.3 Å². The van der Waals surface area contributed by atoms with E-state index in [9.17, 15) is 9.59 Å². The van der Waals surface area contributed by atoms with Crippen molar-refractivity contribution in [3.63, 3.8) is 0 Å². The Morgan fingerprint density at radius 2 is 1.73 bits per heavy atom. The number of aromatic nitrogens is 1. The summed E-state index contributed by atoms with van der Waals surface area (Å²) < 4.78 is 18.0. The van der Waals surface area contributed by atoms with Crippen LogP contribution in [-0.4, -0.2) is 40.7 Å². The molecule has 0 aliphatic rings. The van der Waals surface area contributed by atoms with Gasteiger partial charge in [-0.2, -0.15) is 0 Å². The first-order valence-electron chi connectivity index (χ1n) is 10.8. The quantitative estimate of drug-likeness (QED) is 0.455. The van der Waals surface area contributed by atoms with E-state index < -0.39 is 23.0 Å². The van der Waals surface area contributed by atoms with Gasteiger partial charge in [0.15, 0.2) is 0 Å². The molecule has 0 fully saturated rings. The van der Waals surface area contributed by atoms with Gasteiger partial charge >= 0.3 is 5.97 Å². The Morgan fingerprint density at radius 1 is 1.09 bits per heavy atom. The fraction of sp³-hybridized carbons (Fsp3) is 0.480. The number of hydrogen-bond donors (Lipinski definition) is 1. The molecule has 1 aromatic heterocycles. The van der Waals surface area contributed by atoms with Crippen LogP contribution in [0.5, 0.6) is 5.88 Å². The highest BCUT2D eigenvalue weighted by Gasteiger charge is 2.35. The minimum absolute atomic E-state index is 0.0194. The van der Waals surface area contributed by atoms with Gasteiger partial charge in [-0.05, 0) is 76.0 Å². The number of halogens is 1. The van der Waals surface area contributed by atoms with Gasteiger partial charge in [-0.3, -0.25) is 4.79 Å². The molecule has 1 amide bonds. The van der Waals surface area contributed by atoms with Crippen molar-refractivity contribution in [3.05, 3.63) is 58.2 Å². The fourth-order valence-electron chi connectivity index (χ4n) is 2.88. The summed E-state index contributed by atoms with van der Waals surface area (Å²) in [5, 5.41) is 2.73. The number of rotatable bonds is 9. The molecule has 0 saturated heterocycles. The zero-order valence-electron chi connectivity index (χ0n) is 20.3. The number of carbonyl (C=O) groups excluding carboxylic acids is 2. The molecule has 0 aliphatic heterocycles. The summed E-state index contributed by atoms with van der Waals surface area (Å²) in [5.41, 5.74) is -0.775. The first-order valence-corrected chi connectivity index (χ1v) is 11.6. The van der Waals surface area contributed by atoms with Crippen LogP contribution in [0, 0.1) is 0 Å². The summed E-state index contributed by atoms with van der Waals surface area (Å²) in [6, 6.07) is 11.3. The maximum absolute atomic E-state index is 13.1. The van der Waals surface area contributed by atoms with E-state index in [0.29, 0.717) is 4.47 Å². The van der Waals surface area contributed by atoms with Crippen molar-refractivity contribution in [2.24, 2.45) is 0 Å². The number of benzene rings is 1. The number of ether oxygens (including phenoxy) is 3. The van der Waals surface area contributed by atoms with E-state index in [0.717, 1.165) is 5.56 Å². The average molecular weight is 521 g/mol. The normalized spacial score (nSPS) is 12.9. The zero-order chi connectivity index (χ0) is 24.8. The Kier molecular flexibility index (Phi) is 9.03.